The number of rotatable bonds is 3. The smallest absolute Gasteiger partial charge is 0.228 e. The van der Waals surface area contributed by atoms with Crippen molar-refractivity contribution in [3.63, 3.8) is 0 Å². The monoisotopic (exact) mass is 481 g/mol. The zero-order valence-electron chi connectivity index (χ0n) is 8.08. The number of aromatic nitrogens is 3. The van der Waals surface area contributed by atoms with Crippen LogP contribution in [0.4, 0.5) is 0 Å². The van der Waals surface area contributed by atoms with E-state index in [0.29, 0.717) is 12.5 Å². The summed E-state index contributed by atoms with van der Waals surface area (Å²) in [6.07, 6.45) is 1.98. The molecule has 0 aliphatic rings. The maximum absolute atomic E-state index is 5.87. The normalized spacial score (nSPS) is 11.0. The Bertz CT molecular complexity index is 533. The molecule has 2 rings (SSSR count). The zero-order valence-corrected chi connectivity index (χ0v) is 14.0. The number of halogens is 3. The first-order valence-electron chi connectivity index (χ1n) is 4.33. The topological polar surface area (TPSA) is 39.9 Å². The molecule has 0 aromatic carbocycles. The van der Waals surface area contributed by atoms with Crippen molar-refractivity contribution in [2.24, 2.45) is 0 Å². The van der Waals surface area contributed by atoms with E-state index in [-0.39, 0.29) is 5.28 Å². The Kier molecular flexibility index (Phi) is 4.41. The molecule has 2 aromatic heterocycles. The summed E-state index contributed by atoms with van der Waals surface area (Å²) in [5.41, 5.74) is 0.784. The van der Waals surface area contributed by atoms with E-state index in [0.717, 1.165) is 14.6 Å². The highest BCUT2D eigenvalue weighted by molar-refractivity contribution is 14.2. The van der Waals surface area contributed by atoms with E-state index in [2.05, 4.69) is 53.8 Å². The highest BCUT2D eigenvalue weighted by Gasteiger charge is 2.16. The van der Waals surface area contributed by atoms with Crippen molar-refractivity contribution in [1.29, 1.82) is 0 Å². The van der Waals surface area contributed by atoms with E-state index in [1.165, 1.54) is 9.12 Å². The van der Waals surface area contributed by atoms with E-state index >= 15 is 0 Å². The summed E-state index contributed by atoms with van der Waals surface area (Å²) in [6, 6.07) is 0. The molecule has 0 aliphatic heterocycles. The lowest BCUT2D eigenvalue weighted by Crippen LogP contribution is -1.97. The fraction of sp³-hybridized carbons (Fsp3) is 0.250. The minimum atomic E-state index is 0.206. The third-order valence-corrected chi connectivity index (χ3v) is 4.55. The van der Waals surface area contributed by atoms with E-state index in [1.54, 1.807) is 0 Å². The van der Waals surface area contributed by atoms with Crippen LogP contribution in [0.1, 0.15) is 6.92 Å². The molecular weight excluding hydrogens is 475 g/mol. The highest BCUT2D eigenvalue weighted by atomic mass is 127. The van der Waals surface area contributed by atoms with Gasteiger partial charge in [0.25, 0.3) is 0 Å². The minimum absolute atomic E-state index is 0.206. The Morgan fingerprint density at radius 2 is 2.31 bits per heavy atom. The van der Waals surface area contributed by atoms with Crippen molar-refractivity contribution in [1.82, 2.24) is 13.9 Å². The summed E-state index contributed by atoms with van der Waals surface area (Å²) in [5, 5.41) is 1.12. The Hall–Kier alpha value is 0.520. The van der Waals surface area contributed by atoms with E-state index < -0.39 is 0 Å². The van der Waals surface area contributed by atoms with Crippen molar-refractivity contribution < 1.29 is 4.74 Å². The average molecular weight is 481 g/mol. The van der Waals surface area contributed by atoms with Crippen molar-refractivity contribution in [3.8, 4) is 5.88 Å². The maximum Gasteiger partial charge on any atom is 0.228 e. The summed E-state index contributed by atoms with van der Waals surface area (Å²) in [5.74, 6) is 0.547. The number of ether oxygens (including phenoxy) is 1. The summed E-state index contributed by atoms with van der Waals surface area (Å²) in [4.78, 5) is 8.32. The molecule has 0 spiro atoms. The van der Waals surface area contributed by atoms with Gasteiger partial charge in [-0.3, -0.25) is 3.97 Å². The second-order valence-electron chi connectivity index (χ2n) is 2.80. The van der Waals surface area contributed by atoms with E-state index in [1.807, 2.05) is 17.1 Å². The van der Waals surface area contributed by atoms with Crippen molar-refractivity contribution in [3.05, 3.63) is 15.1 Å². The second kappa shape index (κ2) is 5.44. The third-order valence-electron chi connectivity index (χ3n) is 1.86. The largest absolute Gasteiger partial charge is 0.477 e. The standard InChI is InChI=1S/C8H6ClI2N3OS/c1-2-15-7-5-4(10)3-14(16-11)6(5)12-8(9)13-7/h3H,2H2,1H3. The van der Waals surface area contributed by atoms with Gasteiger partial charge in [0.1, 0.15) is 0 Å². The zero-order chi connectivity index (χ0) is 11.7. The molecule has 2 heterocycles. The van der Waals surface area contributed by atoms with Crippen LogP contribution in [0, 0.1) is 3.57 Å². The predicted octanol–water partition coefficient (Wildman–Crippen LogP) is 3.93. The lowest BCUT2D eigenvalue weighted by atomic mass is 10.4. The molecule has 16 heavy (non-hydrogen) atoms. The number of fused-ring (bicyclic) bond motifs is 1. The molecule has 0 saturated heterocycles. The molecule has 0 saturated carbocycles. The fourth-order valence-corrected chi connectivity index (χ4v) is 3.63. The molecule has 86 valence electrons. The Morgan fingerprint density at radius 3 is 2.94 bits per heavy atom. The van der Waals surface area contributed by atoms with Gasteiger partial charge in [-0.1, -0.05) is 0 Å². The van der Waals surface area contributed by atoms with Gasteiger partial charge in [0.05, 0.1) is 12.0 Å². The van der Waals surface area contributed by atoms with Gasteiger partial charge in [-0.15, -0.1) is 0 Å². The van der Waals surface area contributed by atoms with Crippen molar-refractivity contribution in [2.75, 3.05) is 6.61 Å². The van der Waals surface area contributed by atoms with E-state index in [4.69, 9.17) is 16.3 Å². The molecule has 0 aliphatic carbocycles. The molecule has 0 fully saturated rings. The number of nitrogens with zero attached hydrogens (tertiary/aromatic N) is 3. The molecule has 0 amide bonds. The van der Waals surface area contributed by atoms with Gasteiger partial charge < -0.3 is 4.74 Å². The third kappa shape index (κ3) is 2.36. The molecule has 4 nitrogen and oxygen atoms in total. The molecule has 0 unspecified atom stereocenters. The van der Waals surface area contributed by atoms with Gasteiger partial charge in [-0.25, -0.2) is 0 Å². The number of hydrogen-bond donors (Lipinski definition) is 0. The Labute approximate surface area is 127 Å². The lowest BCUT2D eigenvalue weighted by Gasteiger charge is -2.04. The SMILES string of the molecule is CCOc1nc(Cl)nc2c1c(I)cn2SI. The van der Waals surface area contributed by atoms with Crippen LogP contribution in [-0.4, -0.2) is 20.5 Å². The van der Waals surface area contributed by atoms with Crippen molar-refractivity contribution >= 4 is 75.5 Å². The van der Waals surface area contributed by atoms with E-state index in [9.17, 15) is 0 Å². The van der Waals surface area contributed by atoms with Gasteiger partial charge >= 0.3 is 0 Å². The van der Waals surface area contributed by atoms with Gasteiger partial charge in [0, 0.05) is 40.1 Å². The van der Waals surface area contributed by atoms with Crippen LogP contribution in [0.15, 0.2) is 6.20 Å². The first-order valence-corrected chi connectivity index (χ1v) is 9.10. The molecule has 0 N–H and O–H groups in total. The summed E-state index contributed by atoms with van der Waals surface area (Å²) >= 11 is 10.3. The van der Waals surface area contributed by atoms with Gasteiger partial charge in [-0.2, -0.15) is 9.97 Å². The van der Waals surface area contributed by atoms with Crippen molar-refractivity contribution in [2.45, 2.75) is 6.92 Å². The summed E-state index contributed by atoms with van der Waals surface area (Å²) < 4.78 is 8.46. The molecular formula is C8H6ClI2N3OS. The first kappa shape index (κ1) is 13.0. The van der Waals surface area contributed by atoms with Gasteiger partial charge in [0.15, 0.2) is 5.65 Å². The lowest BCUT2D eigenvalue weighted by molar-refractivity contribution is 0.331. The Balaban J connectivity index is 2.75. The fourth-order valence-electron chi connectivity index (χ4n) is 1.29. The second-order valence-corrected chi connectivity index (χ2v) is 6.01. The Morgan fingerprint density at radius 1 is 1.56 bits per heavy atom. The van der Waals surface area contributed by atoms with Crippen LogP contribution in [0.25, 0.3) is 11.0 Å². The average Bonchev–Trinajstić information content (AvgIpc) is 2.55. The van der Waals surface area contributed by atoms with Crippen LogP contribution in [-0.2, 0) is 0 Å². The van der Waals surface area contributed by atoms with Gasteiger partial charge in [-0.05, 0) is 41.1 Å². The predicted molar refractivity (Wildman–Crippen MR) is 83.4 cm³/mol. The molecule has 0 radical (unpaired) electrons. The molecule has 2 aromatic rings. The van der Waals surface area contributed by atoms with Crippen LogP contribution in [0.2, 0.25) is 5.28 Å². The molecule has 8 heteroatoms. The highest BCUT2D eigenvalue weighted by Crippen LogP contribution is 2.33. The summed E-state index contributed by atoms with van der Waals surface area (Å²) in [6.45, 7) is 2.47. The van der Waals surface area contributed by atoms with Crippen LogP contribution < -0.4 is 4.74 Å². The maximum atomic E-state index is 5.87. The quantitative estimate of drug-likeness (QED) is 0.492. The minimum Gasteiger partial charge on any atom is -0.477 e. The van der Waals surface area contributed by atoms with Crippen LogP contribution in [0.3, 0.4) is 0 Å². The molecule has 0 atom stereocenters. The van der Waals surface area contributed by atoms with Gasteiger partial charge in [0.2, 0.25) is 11.2 Å². The molecule has 0 bridgehead atoms. The number of hydrogen-bond acceptors (Lipinski definition) is 4. The summed E-state index contributed by atoms with van der Waals surface area (Å²) in [7, 11) is 1.53. The van der Waals surface area contributed by atoms with Crippen LogP contribution >= 0.6 is 64.5 Å². The van der Waals surface area contributed by atoms with Crippen LogP contribution in [0.5, 0.6) is 5.88 Å². The first-order chi connectivity index (χ1) is 7.67.